The Hall–Kier alpha value is -4.37. The van der Waals surface area contributed by atoms with E-state index in [1.165, 1.54) is 30.3 Å². The van der Waals surface area contributed by atoms with Crippen LogP contribution >= 0.6 is 15.9 Å². The number of amides is 2. The summed E-state index contributed by atoms with van der Waals surface area (Å²) in [5, 5.41) is 22.1. The van der Waals surface area contributed by atoms with Crippen LogP contribution in [0, 0.1) is 17.0 Å². The molecular weight excluding hydrogens is 516 g/mol. The lowest BCUT2D eigenvalue weighted by Crippen LogP contribution is -2.40. The van der Waals surface area contributed by atoms with Crippen LogP contribution < -0.4 is 4.90 Å². The SMILES string of the molecule is Cc1cc(-c2c([N+](=O)[O-])cc3c4c(cccc24)C(=O)N(c2ccc(C(=O)O)cc2)C3=O)ccc1Br. The van der Waals surface area contributed by atoms with Gasteiger partial charge in [-0.05, 0) is 59.8 Å². The van der Waals surface area contributed by atoms with Crippen LogP contribution in [0.4, 0.5) is 11.4 Å². The molecule has 0 atom stereocenters. The predicted octanol–water partition coefficient (Wildman–Crippen LogP) is 5.98. The number of halogens is 1. The summed E-state index contributed by atoms with van der Waals surface area (Å²) >= 11 is 3.44. The summed E-state index contributed by atoms with van der Waals surface area (Å²) in [4.78, 5) is 50.7. The van der Waals surface area contributed by atoms with Gasteiger partial charge in [0.25, 0.3) is 17.5 Å². The number of hydrogen-bond donors (Lipinski definition) is 1. The van der Waals surface area contributed by atoms with Crippen molar-refractivity contribution < 1.29 is 24.4 Å². The Labute approximate surface area is 206 Å². The molecule has 172 valence electrons. The molecule has 5 rings (SSSR count). The van der Waals surface area contributed by atoms with E-state index in [0.717, 1.165) is 14.9 Å². The molecule has 0 saturated heterocycles. The Bertz CT molecular complexity index is 1610. The highest BCUT2D eigenvalue weighted by Gasteiger charge is 2.37. The first-order valence-corrected chi connectivity index (χ1v) is 11.2. The molecule has 0 spiro atoms. The quantitative estimate of drug-likeness (QED) is 0.197. The van der Waals surface area contributed by atoms with Crippen molar-refractivity contribution in [1.82, 2.24) is 0 Å². The van der Waals surface area contributed by atoms with E-state index in [2.05, 4.69) is 15.9 Å². The van der Waals surface area contributed by atoms with Crippen molar-refractivity contribution in [2.75, 3.05) is 4.90 Å². The molecule has 2 amide bonds. The highest BCUT2D eigenvalue weighted by atomic mass is 79.9. The van der Waals surface area contributed by atoms with Gasteiger partial charge in [0.15, 0.2) is 0 Å². The molecule has 4 aromatic carbocycles. The molecule has 4 aromatic rings. The molecule has 8 nitrogen and oxygen atoms in total. The Kier molecular flexibility index (Phi) is 5.21. The Morgan fingerprint density at radius 1 is 0.971 bits per heavy atom. The Balaban J connectivity index is 1.78. The summed E-state index contributed by atoms with van der Waals surface area (Å²) in [6.45, 7) is 1.87. The number of rotatable bonds is 4. The molecule has 1 heterocycles. The van der Waals surface area contributed by atoms with E-state index in [4.69, 9.17) is 5.11 Å². The number of aryl methyl sites for hydroxylation is 1. The van der Waals surface area contributed by atoms with Gasteiger partial charge >= 0.3 is 5.97 Å². The molecule has 0 radical (unpaired) electrons. The number of carbonyl (C=O) groups excluding carboxylic acids is 2. The Morgan fingerprint density at radius 2 is 1.66 bits per heavy atom. The minimum absolute atomic E-state index is 0.00164. The lowest BCUT2D eigenvalue weighted by Gasteiger charge is -2.28. The molecule has 1 aliphatic rings. The number of anilines is 1. The van der Waals surface area contributed by atoms with E-state index in [0.29, 0.717) is 21.9 Å². The lowest BCUT2D eigenvalue weighted by atomic mass is 9.87. The fourth-order valence-corrected chi connectivity index (χ4v) is 4.63. The van der Waals surface area contributed by atoms with Gasteiger partial charge in [-0.2, -0.15) is 0 Å². The molecule has 0 aromatic heterocycles. The van der Waals surface area contributed by atoms with Gasteiger partial charge in [-0.3, -0.25) is 19.7 Å². The van der Waals surface area contributed by atoms with Gasteiger partial charge in [0.1, 0.15) is 0 Å². The van der Waals surface area contributed by atoms with Crippen molar-refractivity contribution in [3.63, 3.8) is 0 Å². The third-order valence-corrected chi connectivity index (χ3v) is 6.91. The lowest BCUT2D eigenvalue weighted by molar-refractivity contribution is -0.384. The smallest absolute Gasteiger partial charge is 0.335 e. The average molecular weight is 531 g/mol. The van der Waals surface area contributed by atoms with Crippen LogP contribution in [0.25, 0.3) is 21.9 Å². The number of nitro benzene ring substituents is 1. The van der Waals surface area contributed by atoms with Gasteiger partial charge in [-0.25, -0.2) is 9.69 Å². The summed E-state index contributed by atoms with van der Waals surface area (Å²) in [5.74, 6) is -2.46. The maximum absolute atomic E-state index is 13.5. The van der Waals surface area contributed by atoms with Crippen LogP contribution in [0.15, 0.2) is 71.2 Å². The van der Waals surface area contributed by atoms with Crippen molar-refractivity contribution in [1.29, 1.82) is 0 Å². The van der Waals surface area contributed by atoms with Crippen molar-refractivity contribution in [2.24, 2.45) is 0 Å². The van der Waals surface area contributed by atoms with Crippen LogP contribution in [0.5, 0.6) is 0 Å². The van der Waals surface area contributed by atoms with Crippen molar-refractivity contribution in [3.8, 4) is 11.1 Å². The minimum atomic E-state index is -1.14. The zero-order chi connectivity index (χ0) is 25.0. The maximum Gasteiger partial charge on any atom is 0.335 e. The van der Waals surface area contributed by atoms with Crippen LogP contribution in [-0.2, 0) is 0 Å². The fourth-order valence-electron chi connectivity index (χ4n) is 4.39. The molecule has 0 fully saturated rings. The molecular formula is C26H15BrN2O6. The van der Waals surface area contributed by atoms with E-state index in [1.54, 1.807) is 30.3 Å². The molecule has 9 heteroatoms. The zero-order valence-electron chi connectivity index (χ0n) is 18.1. The predicted molar refractivity (Wildman–Crippen MR) is 133 cm³/mol. The number of benzene rings is 4. The van der Waals surface area contributed by atoms with Gasteiger partial charge in [0.2, 0.25) is 0 Å². The standard InChI is InChI=1S/C26H15BrN2O6/c1-13-11-15(7-10-20(13)27)22-17-3-2-4-18-23(17)19(12-21(22)29(34)35)25(31)28(24(18)30)16-8-5-14(6-9-16)26(32)33/h2-12H,1H3,(H,32,33). The Morgan fingerprint density at radius 3 is 2.29 bits per heavy atom. The second kappa shape index (κ2) is 8.14. The number of nitrogens with zero attached hydrogens (tertiary/aromatic N) is 2. The largest absolute Gasteiger partial charge is 0.478 e. The summed E-state index contributed by atoms with van der Waals surface area (Å²) in [5.41, 5.74) is 1.96. The third-order valence-electron chi connectivity index (χ3n) is 6.02. The van der Waals surface area contributed by atoms with Crippen molar-refractivity contribution in [2.45, 2.75) is 6.92 Å². The summed E-state index contributed by atoms with van der Waals surface area (Å²) in [6.07, 6.45) is 0. The molecule has 35 heavy (non-hydrogen) atoms. The van der Waals surface area contributed by atoms with Gasteiger partial charge < -0.3 is 5.11 Å². The van der Waals surface area contributed by atoms with Crippen molar-refractivity contribution >= 4 is 55.9 Å². The molecule has 0 aliphatic carbocycles. The van der Waals surface area contributed by atoms with Crippen LogP contribution in [0.1, 0.15) is 36.6 Å². The summed E-state index contributed by atoms with van der Waals surface area (Å²) in [6, 6.07) is 16.7. The van der Waals surface area contributed by atoms with E-state index in [9.17, 15) is 24.5 Å². The van der Waals surface area contributed by atoms with Gasteiger partial charge in [-0.15, -0.1) is 0 Å². The van der Waals surface area contributed by atoms with Crippen LogP contribution in [0.3, 0.4) is 0 Å². The normalized spacial score (nSPS) is 12.8. The number of carbonyl (C=O) groups is 3. The number of carboxylic acid groups (broad SMARTS) is 1. The second-order valence-corrected chi connectivity index (χ2v) is 8.92. The molecule has 0 saturated carbocycles. The van der Waals surface area contributed by atoms with E-state index in [1.807, 2.05) is 13.0 Å². The zero-order valence-corrected chi connectivity index (χ0v) is 19.7. The number of hydrogen-bond acceptors (Lipinski definition) is 5. The third kappa shape index (κ3) is 3.48. The highest BCUT2D eigenvalue weighted by Crippen LogP contribution is 2.43. The first kappa shape index (κ1) is 22.4. The second-order valence-electron chi connectivity index (χ2n) is 8.07. The summed E-state index contributed by atoms with van der Waals surface area (Å²) < 4.78 is 0.849. The van der Waals surface area contributed by atoms with Crippen LogP contribution in [-0.4, -0.2) is 27.8 Å². The molecule has 1 N–H and O–H groups in total. The van der Waals surface area contributed by atoms with E-state index in [-0.39, 0.29) is 28.1 Å². The molecule has 0 unspecified atom stereocenters. The van der Waals surface area contributed by atoms with Crippen molar-refractivity contribution in [3.05, 3.63) is 104 Å². The molecule has 1 aliphatic heterocycles. The highest BCUT2D eigenvalue weighted by molar-refractivity contribution is 9.10. The average Bonchev–Trinajstić information content (AvgIpc) is 2.84. The number of carboxylic acids is 1. The maximum atomic E-state index is 13.5. The number of nitro groups is 1. The van der Waals surface area contributed by atoms with E-state index < -0.39 is 22.7 Å². The van der Waals surface area contributed by atoms with Gasteiger partial charge in [0.05, 0.1) is 27.3 Å². The van der Waals surface area contributed by atoms with Gasteiger partial charge in [-0.1, -0.05) is 40.2 Å². The fraction of sp³-hybridized carbons (Fsp3) is 0.0385. The van der Waals surface area contributed by atoms with Gasteiger partial charge in [0, 0.05) is 21.5 Å². The first-order chi connectivity index (χ1) is 16.7. The minimum Gasteiger partial charge on any atom is -0.478 e. The topological polar surface area (TPSA) is 118 Å². The number of aromatic carboxylic acids is 1. The summed E-state index contributed by atoms with van der Waals surface area (Å²) in [7, 11) is 0. The van der Waals surface area contributed by atoms with E-state index >= 15 is 0 Å². The first-order valence-electron chi connectivity index (χ1n) is 10.4. The molecule has 0 bridgehead atoms. The number of imide groups is 1. The monoisotopic (exact) mass is 530 g/mol. The van der Waals surface area contributed by atoms with Crippen LogP contribution in [0.2, 0.25) is 0 Å².